The van der Waals surface area contributed by atoms with E-state index in [1.807, 2.05) is 30.3 Å². The van der Waals surface area contributed by atoms with Crippen LogP contribution in [0.25, 0.3) is 22.1 Å². The lowest BCUT2D eigenvalue weighted by molar-refractivity contribution is 0.0529. The van der Waals surface area contributed by atoms with Crippen LogP contribution in [-0.2, 0) is 11.3 Å². The van der Waals surface area contributed by atoms with Crippen molar-refractivity contribution in [3.05, 3.63) is 59.9 Å². The molecule has 0 radical (unpaired) electrons. The molecule has 0 aliphatic carbocycles. The highest BCUT2D eigenvalue weighted by Crippen LogP contribution is 2.16. The van der Waals surface area contributed by atoms with Crippen LogP contribution in [0.4, 0.5) is 4.79 Å². The molecule has 0 fully saturated rings. The Balaban J connectivity index is 1.56. The largest absolute Gasteiger partial charge is 0.443 e. The summed E-state index contributed by atoms with van der Waals surface area (Å²) in [6.45, 7) is 7.65. The van der Waals surface area contributed by atoms with Gasteiger partial charge in [0.1, 0.15) is 11.1 Å². The third-order valence-electron chi connectivity index (χ3n) is 4.44. The van der Waals surface area contributed by atoms with Gasteiger partial charge in [0.05, 0.1) is 23.5 Å². The monoisotopic (exact) mass is 417 g/mol. The van der Waals surface area contributed by atoms with Crippen LogP contribution < -0.4 is 5.43 Å². The lowest BCUT2D eigenvalue weighted by Gasteiger charge is -2.18. The van der Waals surface area contributed by atoms with E-state index in [0.717, 1.165) is 16.5 Å². The zero-order valence-electron chi connectivity index (χ0n) is 17.8. The number of nitrogens with zero attached hydrogens (tertiary/aromatic N) is 6. The minimum atomic E-state index is -0.620. The van der Waals surface area contributed by atoms with Crippen molar-refractivity contribution < 1.29 is 9.53 Å². The topological polar surface area (TPSA) is 107 Å². The summed E-state index contributed by atoms with van der Waals surface area (Å²) in [6.07, 6.45) is 1.16. The molecule has 0 bridgehead atoms. The number of amides is 1. The quantitative estimate of drug-likeness (QED) is 0.401. The number of ether oxygens (including phenoxy) is 1. The summed E-state index contributed by atoms with van der Waals surface area (Å²) in [5.74, 6) is 0. The Labute approximate surface area is 179 Å². The number of hydrazone groups is 1. The van der Waals surface area contributed by atoms with Crippen molar-refractivity contribution in [3.8, 4) is 0 Å². The van der Waals surface area contributed by atoms with Gasteiger partial charge in [0, 0.05) is 11.6 Å². The fourth-order valence-corrected chi connectivity index (χ4v) is 3.05. The van der Waals surface area contributed by atoms with Crippen LogP contribution in [-0.4, -0.2) is 42.4 Å². The summed E-state index contributed by atoms with van der Waals surface area (Å²) in [5.41, 5.74) is 6.27. The van der Waals surface area contributed by atoms with Gasteiger partial charge in [-0.1, -0.05) is 17.3 Å². The highest BCUT2D eigenvalue weighted by atomic mass is 16.6. The molecule has 0 saturated carbocycles. The van der Waals surface area contributed by atoms with Gasteiger partial charge in [0.15, 0.2) is 5.65 Å². The Morgan fingerprint density at radius 1 is 1.16 bits per heavy atom. The molecule has 3 heterocycles. The molecular weight excluding hydrogens is 394 g/mol. The van der Waals surface area contributed by atoms with Crippen molar-refractivity contribution in [2.45, 2.75) is 39.8 Å². The highest BCUT2D eigenvalue weighted by Gasteiger charge is 2.16. The summed E-state index contributed by atoms with van der Waals surface area (Å²) in [6, 6.07) is 13.6. The Bertz CT molecular complexity index is 1290. The number of hydrogen-bond donors (Lipinski definition) is 1. The van der Waals surface area contributed by atoms with Crippen LogP contribution in [0.15, 0.2) is 53.8 Å². The van der Waals surface area contributed by atoms with Gasteiger partial charge in [-0.25, -0.2) is 19.9 Å². The maximum Gasteiger partial charge on any atom is 0.428 e. The molecule has 1 amide bonds. The van der Waals surface area contributed by atoms with Gasteiger partial charge in [-0.2, -0.15) is 5.10 Å². The molecule has 0 aliphatic rings. The van der Waals surface area contributed by atoms with E-state index in [0.29, 0.717) is 29.1 Å². The maximum atomic E-state index is 11.8. The normalized spacial score (nSPS) is 12.3. The predicted molar refractivity (Wildman–Crippen MR) is 118 cm³/mol. The number of benzene rings is 1. The van der Waals surface area contributed by atoms with Gasteiger partial charge >= 0.3 is 6.09 Å². The second-order valence-electron chi connectivity index (χ2n) is 8.13. The minimum Gasteiger partial charge on any atom is -0.443 e. The van der Waals surface area contributed by atoms with Crippen molar-refractivity contribution in [2.75, 3.05) is 0 Å². The molecule has 4 rings (SSSR count). The third kappa shape index (κ3) is 4.82. The number of nitrogens with one attached hydrogen (secondary N) is 1. The van der Waals surface area contributed by atoms with E-state index < -0.39 is 11.7 Å². The number of carbonyl (C=O) groups is 1. The number of rotatable bonds is 4. The van der Waals surface area contributed by atoms with E-state index >= 15 is 0 Å². The standard InChI is InChI=1S/C22H23N7O2/c1-14(25-27-21(30)31-22(2,3)4)17-9-10-19-20(24-17)29(28-26-19)13-15-7-8-18-16(12-15)6-5-11-23-18/h5-12H,13H2,1-4H3,(H,27,30)/b25-14-. The zero-order valence-corrected chi connectivity index (χ0v) is 17.8. The molecule has 1 N–H and O–H groups in total. The average Bonchev–Trinajstić information content (AvgIpc) is 3.12. The summed E-state index contributed by atoms with van der Waals surface area (Å²) < 4.78 is 6.93. The highest BCUT2D eigenvalue weighted by molar-refractivity contribution is 5.98. The first-order chi connectivity index (χ1) is 14.8. The number of hydrogen-bond acceptors (Lipinski definition) is 7. The second kappa shape index (κ2) is 8.10. The van der Waals surface area contributed by atoms with Gasteiger partial charge in [-0.05, 0) is 63.6 Å². The van der Waals surface area contributed by atoms with Crippen molar-refractivity contribution in [1.82, 2.24) is 30.4 Å². The van der Waals surface area contributed by atoms with Crippen LogP contribution in [0.3, 0.4) is 0 Å². The van der Waals surface area contributed by atoms with E-state index in [9.17, 15) is 4.79 Å². The molecule has 9 heteroatoms. The van der Waals surface area contributed by atoms with Crippen LogP contribution in [0.5, 0.6) is 0 Å². The predicted octanol–water partition coefficient (Wildman–Crippen LogP) is 3.67. The number of carbonyl (C=O) groups excluding carboxylic acids is 1. The minimum absolute atomic E-state index is 0.518. The number of fused-ring (bicyclic) bond motifs is 2. The molecule has 3 aromatic heterocycles. The molecule has 4 aromatic rings. The van der Waals surface area contributed by atoms with Gasteiger partial charge < -0.3 is 4.74 Å². The molecule has 9 nitrogen and oxygen atoms in total. The summed E-state index contributed by atoms with van der Waals surface area (Å²) in [5, 5.41) is 13.6. The van der Waals surface area contributed by atoms with E-state index in [2.05, 4.69) is 36.9 Å². The van der Waals surface area contributed by atoms with Crippen LogP contribution >= 0.6 is 0 Å². The van der Waals surface area contributed by atoms with E-state index in [1.165, 1.54) is 0 Å². The fourth-order valence-electron chi connectivity index (χ4n) is 3.05. The SMILES string of the molecule is C/C(=N/NC(=O)OC(C)(C)C)c1ccc2nnn(Cc3ccc4ncccc4c3)c2n1. The Morgan fingerprint density at radius 2 is 1.97 bits per heavy atom. The zero-order chi connectivity index (χ0) is 22.0. The van der Waals surface area contributed by atoms with Crippen LogP contribution in [0.2, 0.25) is 0 Å². The van der Waals surface area contributed by atoms with Crippen LogP contribution in [0, 0.1) is 0 Å². The van der Waals surface area contributed by atoms with Gasteiger partial charge in [-0.3, -0.25) is 4.98 Å². The Kier molecular flexibility index (Phi) is 5.33. The molecule has 31 heavy (non-hydrogen) atoms. The Morgan fingerprint density at radius 3 is 2.77 bits per heavy atom. The average molecular weight is 417 g/mol. The molecule has 0 spiro atoms. The van der Waals surface area contributed by atoms with Gasteiger partial charge in [0.2, 0.25) is 0 Å². The molecule has 0 saturated heterocycles. The van der Waals surface area contributed by atoms with Crippen molar-refractivity contribution in [1.29, 1.82) is 0 Å². The van der Waals surface area contributed by atoms with Crippen molar-refractivity contribution >= 4 is 33.9 Å². The summed E-state index contributed by atoms with van der Waals surface area (Å²) in [7, 11) is 0. The van der Waals surface area contributed by atoms with E-state index in [1.54, 1.807) is 44.6 Å². The first-order valence-corrected chi connectivity index (χ1v) is 9.86. The molecule has 1 aromatic carbocycles. The molecule has 0 unspecified atom stereocenters. The fraction of sp³-hybridized carbons (Fsp3) is 0.273. The van der Waals surface area contributed by atoms with E-state index in [4.69, 9.17) is 4.74 Å². The number of aromatic nitrogens is 5. The lowest BCUT2D eigenvalue weighted by Crippen LogP contribution is -2.30. The van der Waals surface area contributed by atoms with Crippen molar-refractivity contribution in [2.24, 2.45) is 5.10 Å². The number of pyridine rings is 2. The smallest absolute Gasteiger partial charge is 0.428 e. The molecular formula is C22H23N7O2. The lowest BCUT2D eigenvalue weighted by atomic mass is 10.1. The molecule has 0 aliphatic heterocycles. The first-order valence-electron chi connectivity index (χ1n) is 9.86. The van der Waals surface area contributed by atoms with Gasteiger partial charge in [0.25, 0.3) is 0 Å². The summed E-state index contributed by atoms with van der Waals surface area (Å²) in [4.78, 5) is 20.8. The van der Waals surface area contributed by atoms with Crippen LogP contribution in [0.1, 0.15) is 39.0 Å². The molecule has 0 atom stereocenters. The molecule has 158 valence electrons. The van der Waals surface area contributed by atoms with Gasteiger partial charge in [-0.15, -0.1) is 5.10 Å². The first kappa shape index (κ1) is 20.4. The second-order valence-corrected chi connectivity index (χ2v) is 8.13. The van der Waals surface area contributed by atoms with E-state index in [-0.39, 0.29) is 0 Å². The summed E-state index contributed by atoms with van der Waals surface area (Å²) >= 11 is 0. The maximum absolute atomic E-state index is 11.8. The van der Waals surface area contributed by atoms with Crippen molar-refractivity contribution in [3.63, 3.8) is 0 Å². The Hall–Kier alpha value is -3.88. The third-order valence-corrected chi connectivity index (χ3v) is 4.44.